The molecule has 0 aromatic heterocycles. The van der Waals surface area contributed by atoms with Crippen molar-refractivity contribution < 1.29 is 115 Å². The van der Waals surface area contributed by atoms with Crippen LogP contribution in [0.4, 0.5) is 92.2 Å². The molecule has 3 N–H and O–H groups in total. The van der Waals surface area contributed by atoms with Crippen LogP contribution in [0.3, 0.4) is 0 Å². The van der Waals surface area contributed by atoms with Crippen molar-refractivity contribution in [2.24, 2.45) is 0 Å². The predicted octanol–water partition coefficient (Wildman–Crippen LogP) is 7.58. The third-order valence-corrected chi connectivity index (χ3v) is 7.21. The molecule has 1 atom stereocenters. The summed E-state index contributed by atoms with van der Waals surface area (Å²) in [5.74, 6) is -60.7. The Hall–Kier alpha value is -3.62. The summed E-state index contributed by atoms with van der Waals surface area (Å²) in [6, 6.07) is 10.3. The molecule has 0 spiro atoms. The molecule has 1 rings (SSSR count). The highest BCUT2D eigenvalue weighted by atomic mass is 32.2. The normalized spacial score (nSPS) is 15.0. The molecule has 0 saturated heterocycles. The van der Waals surface area contributed by atoms with E-state index in [9.17, 15) is 101 Å². The van der Waals surface area contributed by atoms with Gasteiger partial charge in [-0.1, -0.05) is 42.8 Å². The molecular weight excluding hydrogens is 805 g/mol. The quantitative estimate of drug-likeness (QED) is 0.0735. The number of isocyanates is 2. The second-order valence-electron chi connectivity index (χ2n) is 8.57. The number of nitrogens with zero attached hydrogens (tertiary/aromatic N) is 1. The largest absolute Gasteiger partial charge is 0.465 e. The maximum absolute atomic E-state index is 13.9. The Kier molecular flexibility index (Phi) is 16.6. The molecule has 0 aliphatic rings. The standard InChI is InChI=1S/C12H6F21NO3S.C7H8.2CHNO/c1-2-34(12(33,35)10(28,29)30)38(36,37)11(31,32)8(23,24)6(19,20)4(15,16)3(13,14)5(17,18)7(21,22)9(25,26)27;1-7-5-3-2-4-6-7;2*2-1-3/h35H,2H2,1H3;2-6H,1H3;2*2H. The molecule has 298 valence electrons. The highest BCUT2D eigenvalue weighted by Crippen LogP contribution is 2.64. The number of alkyl halides is 21. The van der Waals surface area contributed by atoms with Crippen molar-refractivity contribution in [3.05, 3.63) is 35.9 Å². The lowest BCUT2D eigenvalue weighted by Gasteiger charge is -2.43. The molecule has 0 bridgehead atoms. The first-order valence-electron chi connectivity index (χ1n) is 11.5. The van der Waals surface area contributed by atoms with Crippen molar-refractivity contribution in [1.29, 1.82) is 10.8 Å². The fourth-order valence-corrected chi connectivity index (χ4v) is 4.16. The van der Waals surface area contributed by atoms with Crippen LogP contribution in [0.15, 0.2) is 30.3 Å². The van der Waals surface area contributed by atoms with E-state index in [0.717, 1.165) is 12.2 Å². The van der Waals surface area contributed by atoms with Gasteiger partial charge in [-0.15, -0.1) is 4.31 Å². The number of hydrogen-bond donors (Lipinski definition) is 3. The second kappa shape index (κ2) is 16.4. The lowest BCUT2D eigenvalue weighted by molar-refractivity contribution is -0.458. The van der Waals surface area contributed by atoms with Gasteiger partial charge in [0.15, 0.2) is 0 Å². The predicted molar refractivity (Wildman–Crippen MR) is 122 cm³/mol. The molecule has 51 heavy (non-hydrogen) atoms. The van der Waals surface area contributed by atoms with Crippen LogP contribution in [0, 0.1) is 17.7 Å². The zero-order valence-corrected chi connectivity index (χ0v) is 24.8. The number of nitrogens with one attached hydrogen (secondary N) is 2. The Morgan fingerprint density at radius 1 is 0.588 bits per heavy atom. The first kappa shape index (κ1) is 51.7. The summed E-state index contributed by atoms with van der Waals surface area (Å²) >= 11 is 0. The number of benzene rings is 1. The Balaban J connectivity index is -0.00000148. The van der Waals surface area contributed by atoms with Crippen LogP contribution in [-0.4, -0.2) is 95.7 Å². The highest BCUT2D eigenvalue weighted by Gasteiger charge is 2.96. The zero-order valence-electron chi connectivity index (χ0n) is 24.0. The van der Waals surface area contributed by atoms with E-state index in [1.165, 1.54) is 5.56 Å². The van der Waals surface area contributed by atoms with Crippen molar-refractivity contribution >= 4 is 22.2 Å². The third kappa shape index (κ3) is 9.25. The molecule has 8 nitrogen and oxygen atoms in total. The SMILES string of the molecule is CCN(C(O)(F)C(F)(F)F)S(=O)(=O)C(F)(F)C(F)(F)C(F)(F)C(F)(F)C(F)(F)C(F)(F)C(F)(F)C(F)(F)F.Cc1ccccc1.N=C=O.N=C=O. The van der Waals surface area contributed by atoms with Crippen LogP contribution in [0.2, 0.25) is 0 Å². The number of sulfonamides is 1. The van der Waals surface area contributed by atoms with Gasteiger partial charge in [-0.05, 0) is 6.92 Å². The maximum atomic E-state index is 13.9. The van der Waals surface area contributed by atoms with Gasteiger partial charge in [0.05, 0.1) is 0 Å². The van der Waals surface area contributed by atoms with Crippen LogP contribution < -0.4 is 0 Å². The van der Waals surface area contributed by atoms with E-state index < -0.39 is 80.0 Å². The third-order valence-electron chi connectivity index (χ3n) is 5.23. The van der Waals surface area contributed by atoms with Crippen LogP contribution >= 0.6 is 0 Å². The van der Waals surface area contributed by atoms with Gasteiger partial charge >= 0.3 is 59.1 Å². The first-order valence-corrected chi connectivity index (χ1v) is 12.9. The summed E-state index contributed by atoms with van der Waals surface area (Å²) in [4.78, 5) is 16.7. The average Bonchev–Trinajstić information content (AvgIpc) is 2.92. The van der Waals surface area contributed by atoms with E-state index in [-0.39, 0.29) is 6.92 Å². The summed E-state index contributed by atoms with van der Waals surface area (Å²) in [6.45, 7) is -0.794. The molecule has 0 aliphatic heterocycles. The summed E-state index contributed by atoms with van der Waals surface area (Å²) in [6.07, 6.45) is -13.7. The fraction of sp³-hybridized carbons (Fsp3) is 0.619. The minimum atomic E-state index is -9.23. The molecular formula is C21H16F21N3O5S. The van der Waals surface area contributed by atoms with Crippen LogP contribution in [0.5, 0.6) is 0 Å². The lowest BCUT2D eigenvalue weighted by Crippen LogP contribution is -2.75. The fourth-order valence-electron chi connectivity index (χ4n) is 2.66. The second-order valence-corrected chi connectivity index (χ2v) is 10.5. The van der Waals surface area contributed by atoms with Gasteiger partial charge in [-0.25, -0.2) is 28.8 Å². The molecule has 0 saturated carbocycles. The summed E-state index contributed by atoms with van der Waals surface area (Å²) < 4.78 is 294. The molecule has 0 amide bonds. The number of aryl methyl sites for hydroxylation is 1. The monoisotopic (exact) mass is 821 g/mol. The van der Waals surface area contributed by atoms with Crippen LogP contribution in [0.25, 0.3) is 0 Å². The van der Waals surface area contributed by atoms with Gasteiger partial charge in [0, 0.05) is 6.54 Å². The van der Waals surface area contributed by atoms with Crippen molar-refractivity contribution in [2.75, 3.05) is 6.54 Å². The van der Waals surface area contributed by atoms with E-state index in [4.69, 9.17) is 25.5 Å². The Morgan fingerprint density at radius 2 is 0.863 bits per heavy atom. The highest BCUT2D eigenvalue weighted by molar-refractivity contribution is 7.90. The summed E-state index contributed by atoms with van der Waals surface area (Å²) in [7, 11) is -8.69. The summed E-state index contributed by atoms with van der Waals surface area (Å²) in [5.41, 5.74) is 1.32. The Bertz CT molecular complexity index is 1440. The minimum absolute atomic E-state index is 0.247. The van der Waals surface area contributed by atoms with Gasteiger partial charge in [0.25, 0.3) is 10.0 Å². The Labute approximate surface area is 268 Å². The smallest absolute Gasteiger partial charge is 0.342 e. The van der Waals surface area contributed by atoms with E-state index in [2.05, 4.69) is 19.1 Å². The topological polar surface area (TPSA) is 139 Å². The van der Waals surface area contributed by atoms with E-state index in [0.29, 0.717) is 0 Å². The van der Waals surface area contributed by atoms with E-state index in [1.54, 1.807) is 0 Å². The molecule has 0 aliphatic carbocycles. The van der Waals surface area contributed by atoms with Crippen molar-refractivity contribution in [1.82, 2.24) is 4.31 Å². The lowest BCUT2D eigenvalue weighted by atomic mass is 9.91. The first-order chi connectivity index (χ1) is 22.2. The number of hydrogen-bond acceptors (Lipinski definition) is 7. The molecule has 1 aromatic rings. The van der Waals surface area contributed by atoms with Crippen molar-refractivity contribution in [3.8, 4) is 0 Å². The molecule has 30 heteroatoms. The molecule has 1 unspecified atom stereocenters. The maximum Gasteiger partial charge on any atom is 0.465 e. The molecule has 0 fully saturated rings. The average molecular weight is 821 g/mol. The summed E-state index contributed by atoms with van der Waals surface area (Å²) in [5, 5.41) is 10.8. The molecule has 0 heterocycles. The van der Waals surface area contributed by atoms with Crippen LogP contribution in [0.1, 0.15) is 12.5 Å². The van der Waals surface area contributed by atoms with Gasteiger partial charge in [0.2, 0.25) is 12.2 Å². The van der Waals surface area contributed by atoms with E-state index in [1.807, 2.05) is 18.2 Å². The van der Waals surface area contributed by atoms with Crippen LogP contribution in [-0.2, 0) is 19.6 Å². The number of rotatable bonds is 10. The van der Waals surface area contributed by atoms with Gasteiger partial charge in [0.1, 0.15) is 0 Å². The zero-order chi connectivity index (χ0) is 42.3. The minimum Gasteiger partial charge on any atom is -0.342 e. The number of aliphatic hydroxyl groups is 1. The Morgan fingerprint density at radius 3 is 1.08 bits per heavy atom. The number of carbonyl (C=O) groups excluding carboxylic acids is 2. The van der Waals surface area contributed by atoms with Gasteiger partial charge in [-0.3, -0.25) is 0 Å². The number of halogens is 21. The van der Waals surface area contributed by atoms with Crippen molar-refractivity contribution in [2.45, 2.75) is 73.0 Å². The van der Waals surface area contributed by atoms with Gasteiger partial charge < -0.3 is 5.11 Å². The van der Waals surface area contributed by atoms with Crippen molar-refractivity contribution in [3.63, 3.8) is 0 Å². The molecule has 0 radical (unpaired) electrons. The molecule has 1 aromatic carbocycles. The van der Waals surface area contributed by atoms with Gasteiger partial charge in [-0.2, -0.15) is 92.2 Å². The van der Waals surface area contributed by atoms with E-state index >= 15 is 0 Å².